The smallest absolute Gasteiger partial charge is 0.0823 e. The van der Waals surface area contributed by atoms with Crippen LogP contribution in [0.2, 0.25) is 0 Å². The molecule has 1 aromatic carbocycles. The molecule has 1 N–H and O–H groups in total. The Hall–Kier alpha value is -0.820. The first kappa shape index (κ1) is 14.6. The Morgan fingerprint density at radius 1 is 0.947 bits per heavy atom. The molecule has 0 amide bonds. The maximum atomic E-state index is 10.8. The Bertz CT molecular complexity index is 427. The first-order valence-corrected chi connectivity index (χ1v) is 7.67. The second-order valence-electron chi connectivity index (χ2n) is 6.64. The Balaban J connectivity index is 2.31. The van der Waals surface area contributed by atoms with Crippen molar-refractivity contribution < 1.29 is 5.11 Å². The van der Waals surface area contributed by atoms with E-state index >= 15 is 0 Å². The van der Waals surface area contributed by atoms with E-state index < -0.39 is 0 Å². The molecule has 1 nitrogen and oxygen atoms in total. The van der Waals surface area contributed by atoms with Crippen molar-refractivity contribution in [2.24, 2.45) is 11.8 Å². The molecule has 1 fully saturated rings. The first-order chi connectivity index (χ1) is 8.91. The van der Waals surface area contributed by atoms with Crippen molar-refractivity contribution in [3.63, 3.8) is 0 Å². The van der Waals surface area contributed by atoms with Gasteiger partial charge in [-0.25, -0.2) is 0 Å². The maximum absolute atomic E-state index is 10.8. The van der Waals surface area contributed by atoms with Crippen molar-refractivity contribution in [2.75, 3.05) is 0 Å². The van der Waals surface area contributed by atoms with E-state index in [1.54, 1.807) is 0 Å². The van der Waals surface area contributed by atoms with Crippen LogP contribution in [0.3, 0.4) is 0 Å². The molecule has 0 aliphatic heterocycles. The van der Waals surface area contributed by atoms with Crippen LogP contribution in [0.4, 0.5) is 0 Å². The van der Waals surface area contributed by atoms with Crippen molar-refractivity contribution in [1.82, 2.24) is 0 Å². The van der Waals surface area contributed by atoms with E-state index in [0.717, 1.165) is 5.92 Å². The van der Waals surface area contributed by atoms with Crippen LogP contribution in [0.5, 0.6) is 0 Å². The van der Waals surface area contributed by atoms with Gasteiger partial charge in [0.2, 0.25) is 0 Å². The zero-order valence-electron chi connectivity index (χ0n) is 13.1. The van der Waals surface area contributed by atoms with Gasteiger partial charge in [0.15, 0.2) is 0 Å². The summed E-state index contributed by atoms with van der Waals surface area (Å²) in [7, 11) is 0. The fraction of sp³-hybridized carbons (Fsp3) is 0.667. The molecule has 0 spiro atoms. The van der Waals surface area contributed by atoms with Gasteiger partial charge in [0, 0.05) is 0 Å². The molecule has 1 aromatic rings. The third-order valence-corrected chi connectivity index (χ3v) is 5.23. The van der Waals surface area contributed by atoms with Gasteiger partial charge in [-0.15, -0.1) is 0 Å². The summed E-state index contributed by atoms with van der Waals surface area (Å²) in [6, 6.07) is 2.24. The van der Waals surface area contributed by atoms with E-state index in [2.05, 4.69) is 40.7 Å². The Morgan fingerprint density at radius 2 is 1.42 bits per heavy atom. The Morgan fingerprint density at radius 3 is 1.89 bits per heavy atom. The molecule has 1 aliphatic rings. The summed E-state index contributed by atoms with van der Waals surface area (Å²) >= 11 is 0. The first-order valence-electron chi connectivity index (χ1n) is 7.67. The van der Waals surface area contributed by atoms with Crippen molar-refractivity contribution >= 4 is 0 Å². The highest BCUT2D eigenvalue weighted by molar-refractivity contribution is 5.45. The van der Waals surface area contributed by atoms with E-state index in [1.165, 1.54) is 53.5 Å². The predicted molar refractivity (Wildman–Crippen MR) is 81.5 cm³/mol. The molecule has 0 heterocycles. The summed E-state index contributed by atoms with van der Waals surface area (Å²) in [6.07, 6.45) is 4.61. The minimum atomic E-state index is -0.272. The molecular weight excluding hydrogens is 232 g/mol. The van der Waals surface area contributed by atoms with Gasteiger partial charge >= 0.3 is 0 Å². The molecule has 0 radical (unpaired) electrons. The van der Waals surface area contributed by atoms with Gasteiger partial charge in [-0.1, -0.05) is 25.8 Å². The van der Waals surface area contributed by atoms with E-state index in [1.807, 2.05) is 0 Å². The molecule has 1 saturated carbocycles. The fourth-order valence-corrected chi connectivity index (χ4v) is 3.53. The fourth-order valence-electron chi connectivity index (χ4n) is 3.53. The molecule has 106 valence electrons. The summed E-state index contributed by atoms with van der Waals surface area (Å²) in [4.78, 5) is 0. The van der Waals surface area contributed by atoms with Crippen LogP contribution in [0.1, 0.15) is 66.5 Å². The van der Waals surface area contributed by atoms with Crippen LogP contribution in [-0.2, 0) is 0 Å². The summed E-state index contributed by atoms with van der Waals surface area (Å²) in [5.74, 6) is 1.29. The standard InChI is InChI=1S/C18H28O/c1-11-6-8-16(9-7-11)18(19)17-14(4)12(2)10-13(3)15(17)5/h10-11,16,18-19H,6-9H2,1-5H3. The number of benzene rings is 1. The van der Waals surface area contributed by atoms with E-state index in [9.17, 15) is 5.11 Å². The summed E-state index contributed by atoms with van der Waals surface area (Å²) < 4.78 is 0. The van der Waals surface area contributed by atoms with Crippen molar-refractivity contribution in [1.29, 1.82) is 0 Å². The average molecular weight is 260 g/mol. The van der Waals surface area contributed by atoms with Crippen molar-refractivity contribution in [3.05, 3.63) is 33.9 Å². The monoisotopic (exact) mass is 260 g/mol. The lowest BCUT2D eigenvalue weighted by molar-refractivity contribution is 0.0744. The summed E-state index contributed by atoms with van der Waals surface area (Å²) in [5, 5.41) is 10.8. The highest BCUT2D eigenvalue weighted by Crippen LogP contribution is 2.39. The number of hydrogen-bond donors (Lipinski definition) is 1. The molecular formula is C18H28O. The Labute approximate surface area is 118 Å². The lowest BCUT2D eigenvalue weighted by Gasteiger charge is -2.32. The van der Waals surface area contributed by atoms with Crippen molar-refractivity contribution in [2.45, 2.75) is 66.4 Å². The van der Waals surface area contributed by atoms with Crippen LogP contribution < -0.4 is 0 Å². The van der Waals surface area contributed by atoms with Crippen molar-refractivity contribution in [3.8, 4) is 0 Å². The van der Waals surface area contributed by atoms with Crippen LogP contribution in [-0.4, -0.2) is 5.11 Å². The largest absolute Gasteiger partial charge is 0.388 e. The second-order valence-corrected chi connectivity index (χ2v) is 6.64. The van der Waals surface area contributed by atoms with E-state index in [-0.39, 0.29) is 6.10 Å². The number of rotatable bonds is 2. The van der Waals surface area contributed by atoms with Gasteiger partial charge < -0.3 is 5.11 Å². The van der Waals surface area contributed by atoms with E-state index in [4.69, 9.17) is 0 Å². The van der Waals surface area contributed by atoms with Crippen LogP contribution in [0.25, 0.3) is 0 Å². The third kappa shape index (κ3) is 2.86. The number of hydrogen-bond acceptors (Lipinski definition) is 1. The highest BCUT2D eigenvalue weighted by atomic mass is 16.3. The summed E-state index contributed by atoms with van der Waals surface area (Å²) in [6.45, 7) is 11.0. The van der Waals surface area contributed by atoms with Gasteiger partial charge in [0.25, 0.3) is 0 Å². The van der Waals surface area contributed by atoms with Gasteiger partial charge in [0.1, 0.15) is 0 Å². The molecule has 0 aromatic heterocycles. The zero-order chi connectivity index (χ0) is 14.2. The second kappa shape index (κ2) is 5.66. The molecule has 0 saturated heterocycles. The quantitative estimate of drug-likeness (QED) is 0.811. The van der Waals surface area contributed by atoms with Crippen LogP contribution in [0.15, 0.2) is 6.07 Å². The molecule has 0 bridgehead atoms. The number of aliphatic hydroxyl groups is 1. The maximum Gasteiger partial charge on any atom is 0.0823 e. The molecule has 1 unspecified atom stereocenters. The number of aliphatic hydroxyl groups excluding tert-OH is 1. The third-order valence-electron chi connectivity index (χ3n) is 5.23. The van der Waals surface area contributed by atoms with Gasteiger partial charge in [0.05, 0.1) is 6.10 Å². The lowest BCUT2D eigenvalue weighted by Crippen LogP contribution is -2.21. The SMILES string of the molecule is Cc1cc(C)c(C)c(C(O)C2CCC(C)CC2)c1C. The minimum Gasteiger partial charge on any atom is -0.388 e. The predicted octanol–water partition coefficient (Wildman–Crippen LogP) is 4.78. The molecule has 1 atom stereocenters. The molecule has 1 heteroatoms. The van der Waals surface area contributed by atoms with Gasteiger partial charge in [-0.3, -0.25) is 0 Å². The lowest BCUT2D eigenvalue weighted by atomic mass is 9.76. The minimum absolute atomic E-state index is 0.272. The van der Waals surface area contributed by atoms with Gasteiger partial charge in [-0.2, -0.15) is 0 Å². The van der Waals surface area contributed by atoms with Crippen LogP contribution in [0, 0.1) is 39.5 Å². The zero-order valence-corrected chi connectivity index (χ0v) is 13.1. The molecule has 19 heavy (non-hydrogen) atoms. The summed E-state index contributed by atoms with van der Waals surface area (Å²) in [5.41, 5.74) is 6.39. The highest BCUT2D eigenvalue weighted by Gasteiger charge is 2.28. The molecule has 1 aliphatic carbocycles. The Kier molecular flexibility index (Phi) is 4.35. The van der Waals surface area contributed by atoms with Crippen LogP contribution >= 0.6 is 0 Å². The average Bonchev–Trinajstić information content (AvgIpc) is 2.37. The van der Waals surface area contributed by atoms with E-state index in [0.29, 0.717) is 5.92 Å². The topological polar surface area (TPSA) is 20.2 Å². The molecule has 2 rings (SSSR count). The number of aryl methyl sites for hydroxylation is 2. The normalized spacial score (nSPS) is 25.4. The van der Waals surface area contributed by atoms with Gasteiger partial charge in [-0.05, 0) is 80.2 Å².